The lowest BCUT2D eigenvalue weighted by molar-refractivity contribution is -0.132. The van der Waals surface area contributed by atoms with Crippen LogP contribution in [0.25, 0.3) is 0 Å². The lowest BCUT2D eigenvalue weighted by Crippen LogP contribution is -2.47. The molecule has 0 aromatic heterocycles. The van der Waals surface area contributed by atoms with Gasteiger partial charge in [0.1, 0.15) is 0 Å². The Bertz CT molecular complexity index is 418. The van der Waals surface area contributed by atoms with Crippen molar-refractivity contribution in [1.29, 1.82) is 0 Å². The van der Waals surface area contributed by atoms with Gasteiger partial charge in [-0.25, -0.2) is 0 Å². The lowest BCUT2D eigenvalue weighted by Gasteiger charge is -2.32. The first-order valence-electron chi connectivity index (χ1n) is 6.31. The third-order valence-electron chi connectivity index (χ3n) is 3.48. The summed E-state index contributed by atoms with van der Waals surface area (Å²) in [5, 5.41) is 3.60. The van der Waals surface area contributed by atoms with Crippen LogP contribution in [-0.4, -0.2) is 30.4 Å². The Balaban J connectivity index is 1.93. The maximum absolute atomic E-state index is 11.4. The normalized spacial score (nSPS) is 22.1. The zero-order chi connectivity index (χ0) is 13.1. The average molecular weight is 311 g/mol. The molecular weight excluding hydrogens is 292 g/mol. The summed E-state index contributed by atoms with van der Waals surface area (Å²) in [6.07, 6.45) is 1.59. The van der Waals surface area contributed by atoms with Gasteiger partial charge in [-0.1, -0.05) is 28.1 Å². The van der Waals surface area contributed by atoms with Crippen LogP contribution >= 0.6 is 15.9 Å². The van der Waals surface area contributed by atoms with E-state index in [1.54, 1.807) is 0 Å². The number of likely N-dealkylation sites (tertiary alicyclic amines) is 1. The Morgan fingerprint density at radius 3 is 2.67 bits per heavy atom. The SMILES string of the molecule is CC(NC1CCC(=O)N(C)C1)c1ccc(Br)cc1. The number of nitrogens with one attached hydrogen (secondary N) is 1. The Morgan fingerprint density at radius 2 is 2.06 bits per heavy atom. The molecule has 18 heavy (non-hydrogen) atoms. The number of rotatable bonds is 3. The van der Waals surface area contributed by atoms with Crippen LogP contribution in [0.15, 0.2) is 28.7 Å². The second-order valence-electron chi connectivity index (χ2n) is 4.95. The van der Waals surface area contributed by atoms with Gasteiger partial charge in [-0.05, 0) is 31.0 Å². The van der Waals surface area contributed by atoms with E-state index in [2.05, 4.69) is 52.4 Å². The molecule has 3 nitrogen and oxygen atoms in total. The molecule has 98 valence electrons. The molecular formula is C14H19BrN2O. The number of amides is 1. The maximum atomic E-state index is 11.4. The predicted octanol–water partition coefficient (Wildman–Crippen LogP) is 2.72. The highest BCUT2D eigenvalue weighted by Crippen LogP contribution is 2.19. The number of carbonyl (C=O) groups excluding carboxylic acids is 1. The Kier molecular flexibility index (Phi) is 4.40. The molecule has 1 aliphatic heterocycles. The summed E-state index contributed by atoms with van der Waals surface area (Å²) < 4.78 is 1.10. The summed E-state index contributed by atoms with van der Waals surface area (Å²) in [4.78, 5) is 13.2. The largest absolute Gasteiger partial charge is 0.344 e. The molecule has 1 fully saturated rings. The lowest BCUT2D eigenvalue weighted by atomic mass is 10.0. The van der Waals surface area contributed by atoms with Gasteiger partial charge < -0.3 is 10.2 Å². The van der Waals surface area contributed by atoms with E-state index >= 15 is 0 Å². The molecule has 1 aromatic carbocycles. The highest BCUT2D eigenvalue weighted by atomic mass is 79.9. The first-order valence-corrected chi connectivity index (χ1v) is 7.11. The molecule has 2 rings (SSSR count). The highest BCUT2D eigenvalue weighted by Gasteiger charge is 2.23. The molecule has 4 heteroatoms. The van der Waals surface area contributed by atoms with Gasteiger partial charge in [-0.3, -0.25) is 4.79 Å². The van der Waals surface area contributed by atoms with E-state index in [-0.39, 0.29) is 5.91 Å². The van der Waals surface area contributed by atoms with Crippen LogP contribution in [0.2, 0.25) is 0 Å². The Labute approximate surface area is 117 Å². The number of piperidine rings is 1. The van der Waals surface area contributed by atoms with Crippen LogP contribution in [-0.2, 0) is 4.79 Å². The first kappa shape index (κ1) is 13.6. The van der Waals surface area contributed by atoms with Crippen molar-refractivity contribution in [1.82, 2.24) is 10.2 Å². The van der Waals surface area contributed by atoms with Gasteiger partial charge in [-0.2, -0.15) is 0 Å². The molecule has 1 amide bonds. The fourth-order valence-electron chi connectivity index (χ4n) is 2.35. The minimum absolute atomic E-state index is 0.254. The molecule has 1 aliphatic rings. The minimum Gasteiger partial charge on any atom is -0.344 e. The monoisotopic (exact) mass is 310 g/mol. The molecule has 1 saturated heterocycles. The van der Waals surface area contributed by atoms with E-state index < -0.39 is 0 Å². The fraction of sp³-hybridized carbons (Fsp3) is 0.500. The standard InChI is InChI=1S/C14H19BrN2O/c1-10(11-3-5-12(15)6-4-11)16-13-7-8-14(18)17(2)9-13/h3-6,10,13,16H,7-9H2,1-2H3. The number of hydrogen-bond donors (Lipinski definition) is 1. The summed E-state index contributed by atoms with van der Waals surface area (Å²) in [6, 6.07) is 9.07. The van der Waals surface area contributed by atoms with E-state index in [0.29, 0.717) is 18.5 Å². The molecule has 2 unspecified atom stereocenters. The number of hydrogen-bond acceptors (Lipinski definition) is 2. The van der Waals surface area contributed by atoms with Gasteiger partial charge >= 0.3 is 0 Å². The number of halogens is 1. The average Bonchev–Trinajstić information content (AvgIpc) is 2.34. The molecule has 0 spiro atoms. The van der Waals surface area contributed by atoms with Crippen molar-refractivity contribution in [2.45, 2.75) is 31.8 Å². The molecule has 0 saturated carbocycles. The van der Waals surface area contributed by atoms with Gasteiger partial charge in [0.25, 0.3) is 0 Å². The van der Waals surface area contributed by atoms with Crippen LogP contribution in [0.5, 0.6) is 0 Å². The van der Waals surface area contributed by atoms with Crippen LogP contribution in [0, 0.1) is 0 Å². The summed E-state index contributed by atoms with van der Waals surface area (Å²) in [5.41, 5.74) is 1.28. The number of nitrogens with zero attached hydrogens (tertiary/aromatic N) is 1. The van der Waals surface area contributed by atoms with Gasteiger partial charge in [0.2, 0.25) is 5.91 Å². The predicted molar refractivity (Wildman–Crippen MR) is 76.4 cm³/mol. The quantitative estimate of drug-likeness (QED) is 0.931. The number of benzene rings is 1. The van der Waals surface area contributed by atoms with E-state index in [1.165, 1.54) is 5.56 Å². The minimum atomic E-state index is 0.254. The van der Waals surface area contributed by atoms with Crippen molar-refractivity contribution in [3.63, 3.8) is 0 Å². The van der Waals surface area contributed by atoms with Gasteiger partial charge in [0.15, 0.2) is 0 Å². The van der Waals surface area contributed by atoms with Crippen molar-refractivity contribution >= 4 is 21.8 Å². The van der Waals surface area contributed by atoms with Crippen molar-refractivity contribution in [2.75, 3.05) is 13.6 Å². The number of likely N-dealkylation sites (N-methyl/N-ethyl adjacent to an activating group) is 1. The van der Waals surface area contributed by atoms with Crippen molar-refractivity contribution in [2.24, 2.45) is 0 Å². The molecule has 0 bridgehead atoms. The zero-order valence-corrected chi connectivity index (χ0v) is 12.4. The summed E-state index contributed by atoms with van der Waals surface area (Å²) in [7, 11) is 1.88. The summed E-state index contributed by atoms with van der Waals surface area (Å²) in [6.45, 7) is 2.97. The smallest absolute Gasteiger partial charge is 0.222 e. The molecule has 0 aliphatic carbocycles. The highest BCUT2D eigenvalue weighted by molar-refractivity contribution is 9.10. The van der Waals surface area contributed by atoms with Crippen LogP contribution < -0.4 is 5.32 Å². The van der Waals surface area contributed by atoms with Gasteiger partial charge in [0.05, 0.1) is 0 Å². The Hall–Kier alpha value is -0.870. The van der Waals surface area contributed by atoms with Gasteiger partial charge in [0, 0.05) is 36.6 Å². The molecule has 1 aromatic rings. The third kappa shape index (κ3) is 3.33. The van der Waals surface area contributed by atoms with Crippen LogP contribution in [0.4, 0.5) is 0 Å². The van der Waals surface area contributed by atoms with Crippen molar-refractivity contribution < 1.29 is 4.79 Å². The van der Waals surface area contributed by atoms with E-state index in [9.17, 15) is 4.79 Å². The summed E-state index contributed by atoms with van der Waals surface area (Å²) >= 11 is 3.44. The third-order valence-corrected chi connectivity index (χ3v) is 4.01. The second kappa shape index (κ2) is 5.85. The topological polar surface area (TPSA) is 32.3 Å². The zero-order valence-electron chi connectivity index (χ0n) is 10.8. The van der Waals surface area contributed by atoms with Crippen molar-refractivity contribution in [3.8, 4) is 0 Å². The summed E-state index contributed by atoms with van der Waals surface area (Å²) in [5.74, 6) is 0.254. The molecule has 1 heterocycles. The molecule has 2 atom stereocenters. The first-order chi connectivity index (χ1) is 8.56. The van der Waals surface area contributed by atoms with E-state index in [0.717, 1.165) is 17.4 Å². The fourth-order valence-corrected chi connectivity index (χ4v) is 2.61. The van der Waals surface area contributed by atoms with Crippen LogP contribution in [0.1, 0.15) is 31.4 Å². The van der Waals surface area contributed by atoms with E-state index in [4.69, 9.17) is 0 Å². The van der Waals surface area contributed by atoms with Gasteiger partial charge in [-0.15, -0.1) is 0 Å². The molecule has 1 N–H and O–H groups in total. The second-order valence-corrected chi connectivity index (χ2v) is 5.87. The van der Waals surface area contributed by atoms with E-state index in [1.807, 2.05) is 11.9 Å². The number of carbonyl (C=O) groups is 1. The van der Waals surface area contributed by atoms with Crippen LogP contribution in [0.3, 0.4) is 0 Å². The maximum Gasteiger partial charge on any atom is 0.222 e. The Morgan fingerprint density at radius 1 is 1.39 bits per heavy atom. The van der Waals surface area contributed by atoms with Crippen molar-refractivity contribution in [3.05, 3.63) is 34.3 Å². The molecule has 0 radical (unpaired) electrons.